The number of hydrogen-bond donors (Lipinski definition) is 2. The smallest absolute Gasteiger partial charge is 0.350 e. The van der Waals surface area contributed by atoms with Crippen molar-refractivity contribution in [3.05, 3.63) is 58.6 Å². The third kappa shape index (κ3) is 5.05. The molecule has 4 atom stereocenters. The van der Waals surface area contributed by atoms with Gasteiger partial charge < -0.3 is 19.9 Å². The molecule has 0 aliphatic carbocycles. The van der Waals surface area contributed by atoms with Crippen molar-refractivity contribution in [3.8, 4) is 0 Å². The Morgan fingerprint density at radius 1 is 1.28 bits per heavy atom. The maximum Gasteiger partial charge on any atom is 0.350 e. The Labute approximate surface area is 173 Å². The first-order valence-corrected chi connectivity index (χ1v) is 10.4. The molecule has 29 heavy (non-hydrogen) atoms. The van der Waals surface area contributed by atoms with Crippen LogP contribution >= 0.6 is 11.8 Å². The Morgan fingerprint density at radius 2 is 2.03 bits per heavy atom. The summed E-state index contributed by atoms with van der Waals surface area (Å²) < 4.78 is 12.3. The molecular formula is C20H25N3O5S. The number of ether oxygens (including phenoxy) is 2. The number of aromatic nitrogens is 2. The summed E-state index contributed by atoms with van der Waals surface area (Å²) in [7, 11) is 1.58. The standard InChI is InChI=1S/C20H25N3O5S/c1-3-14-16(24)17(28-12-11-27-2)19(29-14)23-10-9-15(22-20(23)26)21-18(25)13-7-5-4-6-8-13/h4-10,14,16-17,19,24H,3,11-12H2,1-2H3,(H,21,22,25,26)/t14-,16?,17+,19-/m1/s1. The molecule has 2 aromatic rings. The van der Waals surface area contributed by atoms with Crippen molar-refractivity contribution < 1.29 is 19.4 Å². The van der Waals surface area contributed by atoms with Crippen LogP contribution in [0.2, 0.25) is 0 Å². The second-order valence-electron chi connectivity index (χ2n) is 6.61. The fourth-order valence-electron chi connectivity index (χ4n) is 3.18. The van der Waals surface area contributed by atoms with Gasteiger partial charge >= 0.3 is 5.69 Å². The van der Waals surface area contributed by atoms with E-state index in [0.717, 1.165) is 6.42 Å². The Morgan fingerprint density at radius 3 is 2.69 bits per heavy atom. The van der Waals surface area contributed by atoms with E-state index in [-0.39, 0.29) is 17.0 Å². The van der Waals surface area contributed by atoms with E-state index in [1.807, 2.05) is 13.0 Å². The number of methoxy groups -OCH3 is 1. The minimum atomic E-state index is -0.698. The molecule has 1 amide bonds. The third-order valence-electron chi connectivity index (χ3n) is 4.69. The Hall–Kier alpha value is -2.20. The fraction of sp³-hybridized carbons (Fsp3) is 0.450. The fourth-order valence-corrected chi connectivity index (χ4v) is 4.73. The molecule has 1 aliphatic heterocycles. The summed E-state index contributed by atoms with van der Waals surface area (Å²) in [6.07, 6.45) is 1.07. The molecule has 1 aromatic heterocycles. The van der Waals surface area contributed by atoms with Crippen LogP contribution in [0.3, 0.4) is 0 Å². The van der Waals surface area contributed by atoms with Gasteiger partial charge in [0.05, 0.1) is 19.3 Å². The van der Waals surface area contributed by atoms with Crippen molar-refractivity contribution in [1.82, 2.24) is 9.55 Å². The minimum Gasteiger partial charge on any atom is -0.389 e. The predicted octanol–water partition coefficient (Wildman–Crippen LogP) is 1.91. The van der Waals surface area contributed by atoms with Crippen LogP contribution in [0.1, 0.15) is 29.1 Å². The summed E-state index contributed by atoms with van der Waals surface area (Å²) in [5.41, 5.74) is -0.0389. The SMILES string of the molecule is CC[C@H]1S[C@@H](n2ccc(NC(=O)c3ccccc3)nc2=O)[C@@H](OCCOC)C1O. The van der Waals surface area contributed by atoms with Crippen LogP contribution in [0, 0.1) is 0 Å². The first kappa shape index (κ1) is 21.5. The van der Waals surface area contributed by atoms with Crippen LogP contribution in [0.25, 0.3) is 0 Å². The van der Waals surface area contributed by atoms with E-state index in [9.17, 15) is 14.7 Å². The van der Waals surface area contributed by atoms with E-state index in [2.05, 4.69) is 10.3 Å². The highest BCUT2D eigenvalue weighted by atomic mass is 32.2. The van der Waals surface area contributed by atoms with Gasteiger partial charge in [-0.3, -0.25) is 9.36 Å². The molecule has 3 rings (SSSR count). The van der Waals surface area contributed by atoms with Crippen molar-refractivity contribution in [2.45, 2.75) is 36.2 Å². The number of carbonyl (C=O) groups is 1. The lowest BCUT2D eigenvalue weighted by Crippen LogP contribution is -2.38. The molecule has 2 heterocycles. The molecule has 0 spiro atoms. The summed E-state index contributed by atoms with van der Waals surface area (Å²) in [4.78, 5) is 28.9. The normalized spacial score (nSPS) is 23.8. The number of aliphatic hydroxyl groups is 1. The van der Waals surface area contributed by atoms with Gasteiger partial charge in [0.1, 0.15) is 17.3 Å². The summed E-state index contributed by atoms with van der Waals surface area (Å²) in [5.74, 6) is -0.166. The number of aliphatic hydroxyl groups excluding tert-OH is 1. The van der Waals surface area contributed by atoms with E-state index in [1.165, 1.54) is 16.3 Å². The van der Waals surface area contributed by atoms with E-state index in [4.69, 9.17) is 9.47 Å². The number of benzene rings is 1. The second kappa shape index (κ2) is 10.0. The Kier molecular flexibility index (Phi) is 7.43. The van der Waals surface area contributed by atoms with Gasteiger partial charge in [-0.2, -0.15) is 4.98 Å². The van der Waals surface area contributed by atoms with Crippen molar-refractivity contribution in [1.29, 1.82) is 0 Å². The van der Waals surface area contributed by atoms with Crippen LogP contribution < -0.4 is 11.0 Å². The molecule has 2 N–H and O–H groups in total. The Bertz CT molecular complexity index is 876. The zero-order chi connectivity index (χ0) is 20.8. The maximum atomic E-state index is 12.6. The molecule has 9 heteroatoms. The lowest BCUT2D eigenvalue weighted by molar-refractivity contribution is -0.0537. The van der Waals surface area contributed by atoms with E-state index in [1.54, 1.807) is 43.6 Å². The first-order valence-electron chi connectivity index (χ1n) is 9.44. The quantitative estimate of drug-likeness (QED) is 0.630. The number of hydrogen-bond acceptors (Lipinski definition) is 7. The molecule has 1 aromatic carbocycles. The van der Waals surface area contributed by atoms with Crippen molar-refractivity contribution in [2.75, 3.05) is 25.6 Å². The van der Waals surface area contributed by atoms with Crippen LogP contribution in [-0.2, 0) is 9.47 Å². The lowest BCUT2D eigenvalue weighted by Gasteiger charge is -2.23. The largest absolute Gasteiger partial charge is 0.389 e. The topological polar surface area (TPSA) is 103 Å². The zero-order valence-electron chi connectivity index (χ0n) is 16.4. The van der Waals surface area contributed by atoms with Gasteiger partial charge in [-0.1, -0.05) is 25.1 Å². The van der Waals surface area contributed by atoms with Gasteiger partial charge in [-0.15, -0.1) is 11.8 Å². The van der Waals surface area contributed by atoms with Crippen LogP contribution in [0.5, 0.6) is 0 Å². The summed E-state index contributed by atoms with van der Waals surface area (Å²) in [6.45, 7) is 2.70. The minimum absolute atomic E-state index is 0.0445. The molecule has 1 fully saturated rings. The van der Waals surface area contributed by atoms with Gasteiger partial charge in [0.15, 0.2) is 0 Å². The van der Waals surface area contributed by atoms with Crippen molar-refractivity contribution >= 4 is 23.5 Å². The molecule has 0 bridgehead atoms. The van der Waals surface area contributed by atoms with Crippen LogP contribution in [0.4, 0.5) is 5.82 Å². The molecule has 8 nitrogen and oxygen atoms in total. The Balaban J connectivity index is 1.77. The predicted molar refractivity (Wildman–Crippen MR) is 111 cm³/mol. The third-order valence-corrected chi connectivity index (χ3v) is 6.43. The highest BCUT2D eigenvalue weighted by Gasteiger charge is 2.44. The molecule has 1 aliphatic rings. The highest BCUT2D eigenvalue weighted by Crippen LogP contribution is 2.44. The van der Waals surface area contributed by atoms with Crippen molar-refractivity contribution in [3.63, 3.8) is 0 Å². The molecule has 1 unspecified atom stereocenters. The van der Waals surface area contributed by atoms with E-state index < -0.39 is 23.3 Å². The van der Waals surface area contributed by atoms with Gasteiger partial charge in [0.25, 0.3) is 5.91 Å². The second-order valence-corrected chi connectivity index (χ2v) is 7.98. The number of rotatable bonds is 8. The van der Waals surface area contributed by atoms with Gasteiger partial charge in [0, 0.05) is 24.1 Å². The van der Waals surface area contributed by atoms with Gasteiger partial charge in [-0.25, -0.2) is 4.79 Å². The van der Waals surface area contributed by atoms with E-state index in [0.29, 0.717) is 18.8 Å². The molecular weight excluding hydrogens is 394 g/mol. The number of anilines is 1. The summed E-state index contributed by atoms with van der Waals surface area (Å²) in [6, 6.07) is 10.3. The summed E-state index contributed by atoms with van der Waals surface area (Å²) in [5, 5.41) is 12.8. The maximum absolute atomic E-state index is 12.6. The molecule has 0 saturated carbocycles. The highest BCUT2D eigenvalue weighted by molar-refractivity contribution is 8.00. The number of thioether (sulfide) groups is 1. The molecule has 156 valence electrons. The summed E-state index contributed by atoms with van der Waals surface area (Å²) >= 11 is 1.49. The average Bonchev–Trinajstić information content (AvgIpc) is 3.04. The average molecular weight is 420 g/mol. The van der Waals surface area contributed by atoms with Gasteiger partial charge in [-0.05, 0) is 24.6 Å². The zero-order valence-corrected chi connectivity index (χ0v) is 17.2. The monoisotopic (exact) mass is 419 g/mol. The van der Waals surface area contributed by atoms with Crippen molar-refractivity contribution in [2.24, 2.45) is 0 Å². The molecule has 1 saturated heterocycles. The van der Waals surface area contributed by atoms with Crippen LogP contribution in [0.15, 0.2) is 47.4 Å². The molecule has 0 radical (unpaired) electrons. The first-order chi connectivity index (χ1) is 14.0. The number of amides is 1. The lowest BCUT2D eigenvalue weighted by atomic mass is 10.1. The van der Waals surface area contributed by atoms with E-state index >= 15 is 0 Å². The number of nitrogens with one attached hydrogen (secondary N) is 1. The van der Waals surface area contributed by atoms with Gasteiger partial charge in [0.2, 0.25) is 0 Å². The number of nitrogens with zero attached hydrogens (tertiary/aromatic N) is 2. The van der Waals surface area contributed by atoms with Crippen LogP contribution in [-0.4, -0.2) is 58.3 Å². The number of carbonyl (C=O) groups excluding carboxylic acids is 1.